The Morgan fingerprint density at radius 1 is 1.15 bits per heavy atom. The van der Waals surface area contributed by atoms with Crippen LogP contribution in [0.15, 0.2) is 34.9 Å². The van der Waals surface area contributed by atoms with Gasteiger partial charge in [-0.3, -0.25) is 10.1 Å². The maximum absolute atomic E-state index is 10.8. The van der Waals surface area contributed by atoms with Crippen LogP contribution in [0.25, 0.3) is 11.4 Å². The average Bonchev–Trinajstić information content (AvgIpc) is 2.96. The molecule has 0 saturated heterocycles. The van der Waals surface area contributed by atoms with Crippen LogP contribution in [0, 0.1) is 30.9 Å². The molecule has 0 spiro atoms. The molecular weight excluding hydrogens is 346 g/mol. The van der Waals surface area contributed by atoms with Gasteiger partial charge in [0, 0.05) is 41.6 Å². The van der Waals surface area contributed by atoms with E-state index in [9.17, 15) is 10.1 Å². The SMILES string of the molecule is Cc1cc(NCCCc2c(C)noc2C)nc(-c2ccc([N+](=O)[O-])cc2)n1. The van der Waals surface area contributed by atoms with E-state index in [0.717, 1.165) is 53.5 Å². The van der Waals surface area contributed by atoms with Crippen LogP contribution in [-0.2, 0) is 6.42 Å². The number of hydrogen-bond donors (Lipinski definition) is 1. The Balaban J connectivity index is 1.65. The van der Waals surface area contributed by atoms with Crippen molar-refractivity contribution in [2.75, 3.05) is 11.9 Å². The van der Waals surface area contributed by atoms with Crippen molar-refractivity contribution in [3.63, 3.8) is 0 Å². The summed E-state index contributed by atoms with van der Waals surface area (Å²) in [7, 11) is 0. The molecule has 3 aromatic rings. The number of non-ortho nitro benzene ring substituents is 1. The summed E-state index contributed by atoms with van der Waals surface area (Å²) in [6, 6.07) is 8.11. The number of nitro groups is 1. The van der Waals surface area contributed by atoms with E-state index in [2.05, 4.69) is 20.4 Å². The van der Waals surface area contributed by atoms with Gasteiger partial charge in [0.1, 0.15) is 11.6 Å². The Morgan fingerprint density at radius 2 is 1.89 bits per heavy atom. The topological polar surface area (TPSA) is 107 Å². The molecule has 27 heavy (non-hydrogen) atoms. The lowest BCUT2D eigenvalue weighted by Gasteiger charge is -2.09. The van der Waals surface area contributed by atoms with Crippen molar-refractivity contribution < 1.29 is 9.45 Å². The minimum absolute atomic E-state index is 0.0454. The summed E-state index contributed by atoms with van der Waals surface area (Å²) in [6.45, 7) is 6.52. The first-order valence-electron chi connectivity index (χ1n) is 8.70. The molecule has 0 aliphatic heterocycles. The van der Waals surface area contributed by atoms with Crippen LogP contribution in [0.5, 0.6) is 0 Å². The lowest BCUT2D eigenvalue weighted by molar-refractivity contribution is -0.384. The number of aryl methyl sites for hydroxylation is 3. The quantitative estimate of drug-likeness (QED) is 0.382. The summed E-state index contributed by atoms with van der Waals surface area (Å²) in [4.78, 5) is 19.3. The van der Waals surface area contributed by atoms with Crippen LogP contribution < -0.4 is 5.32 Å². The molecule has 0 bridgehead atoms. The summed E-state index contributed by atoms with van der Waals surface area (Å²) in [5.41, 5.74) is 3.70. The number of anilines is 1. The number of benzene rings is 1. The number of nitrogens with zero attached hydrogens (tertiary/aromatic N) is 4. The zero-order valence-corrected chi connectivity index (χ0v) is 15.5. The Kier molecular flexibility index (Phi) is 5.44. The second-order valence-corrected chi connectivity index (χ2v) is 6.36. The molecule has 0 aliphatic rings. The van der Waals surface area contributed by atoms with Crippen LogP contribution in [0.3, 0.4) is 0 Å². The van der Waals surface area contributed by atoms with Crippen molar-refractivity contribution in [2.45, 2.75) is 33.6 Å². The van der Waals surface area contributed by atoms with E-state index in [-0.39, 0.29) is 5.69 Å². The fourth-order valence-corrected chi connectivity index (χ4v) is 2.86. The predicted molar refractivity (Wildman–Crippen MR) is 102 cm³/mol. The number of hydrogen-bond acceptors (Lipinski definition) is 7. The van der Waals surface area contributed by atoms with Crippen LogP contribution in [0.4, 0.5) is 11.5 Å². The third kappa shape index (κ3) is 4.46. The largest absolute Gasteiger partial charge is 0.370 e. The highest BCUT2D eigenvalue weighted by Crippen LogP contribution is 2.21. The second-order valence-electron chi connectivity index (χ2n) is 6.36. The Labute approximate surface area is 156 Å². The maximum atomic E-state index is 10.8. The molecule has 2 aromatic heterocycles. The summed E-state index contributed by atoms with van der Waals surface area (Å²) in [5.74, 6) is 2.14. The molecule has 2 heterocycles. The molecule has 0 radical (unpaired) electrons. The molecule has 0 fully saturated rings. The summed E-state index contributed by atoms with van der Waals surface area (Å²) in [6.07, 6.45) is 1.80. The normalized spacial score (nSPS) is 10.8. The number of rotatable bonds is 7. The van der Waals surface area contributed by atoms with E-state index in [1.54, 1.807) is 12.1 Å². The lowest BCUT2D eigenvalue weighted by atomic mass is 10.1. The van der Waals surface area contributed by atoms with Gasteiger partial charge in [-0.25, -0.2) is 9.97 Å². The fourth-order valence-electron chi connectivity index (χ4n) is 2.86. The summed E-state index contributed by atoms with van der Waals surface area (Å²) < 4.78 is 5.18. The highest BCUT2D eigenvalue weighted by molar-refractivity contribution is 5.59. The van der Waals surface area contributed by atoms with Crippen LogP contribution >= 0.6 is 0 Å². The van der Waals surface area contributed by atoms with E-state index < -0.39 is 4.92 Å². The Bertz CT molecular complexity index is 931. The van der Waals surface area contributed by atoms with Crippen molar-refractivity contribution in [3.8, 4) is 11.4 Å². The van der Waals surface area contributed by atoms with Crippen molar-refractivity contribution >= 4 is 11.5 Å². The van der Waals surface area contributed by atoms with Gasteiger partial charge in [0.25, 0.3) is 5.69 Å². The van der Waals surface area contributed by atoms with Crippen molar-refractivity contribution in [2.24, 2.45) is 0 Å². The zero-order valence-electron chi connectivity index (χ0n) is 15.5. The highest BCUT2D eigenvalue weighted by Gasteiger charge is 2.10. The van der Waals surface area contributed by atoms with Gasteiger partial charge in [-0.05, 0) is 45.7 Å². The fraction of sp³-hybridized carbons (Fsp3) is 0.316. The molecule has 0 atom stereocenters. The van der Waals surface area contributed by atoms with Gasteiger partial charge in [-0.2, -0.15) is 0 Å². The van der Waals surface area contributed by atoms with Gasteiger partial charge in [-0.1, -0.05) is 5.16 Å². The molecule has 0 amide bonds. The van der Waals surface area contributed by atoms with Crippen molar-refractivity contribution in [3.05, 3.63) is 63.2 Å². The minimum atomic E-state index is -0.424. The van der Waals surface area contributed by atoms with E-state index >= 15 is 0 Å². The van der Waals surface area contributed by atoms with Crippen molar-refractivity contribution in [1.29, 1.82) is 0 Å². The molecule has 0 saturated carbocycles. The second kappa shape index (κ2) is 7.94. The van der Waals surface area contributed by atoms with Crippen molar-refractivity contribution in [1.82, 2.24) is 15.1 Å². The zero-order chi connectivity index (χ0) is 19.4. The van der Waals surface area contributed by atoms with E-state index in [1.165, 1.54) is 12.1 Å². The van der Waals surface area contributed by atoms with E-state index in [0.29, 0.717) is 5.82 Å². The number of nitrogens with one attached hydrogen (secondary N) is 1. The Morgan fingerprint density at radius 3 is 2.52 bits per heavy atom. The molecular formula is C19H21N5O3. The maximum Gasteiger partial charge on any atom is 0.269 e. The van der Waals surface area contributed by atoms with E-state index in [4.69, 9.17) is 4.52 Å². The minimum Gasteiger partial charge on any atom is -0.370 e. The average molecular weight is 367 g/mol. The highest BCUT2D eigenvalue weighted by atomic mass is 16.6. The predicted octanol–water partition coefficient (Wildman–Crippen LogP) is 4.01. The molecule has 1 aromatic carbocycles. The third-order valence-corrected chi connectivity index (χ3v) is 4.28. The van der Waals surface area contributed by atoms with Crippen LogP contribution in [0.2, 0.25) is 0 Å². The van der Waals surface area contributed by atoms with Gasteiger partial charge in [0.15, 0.2) is 5.82 Å². The third-order valence-electron chi connectivity index (χ3n) is 4.28. The van der Waals surface area contributed by atoms with E-state index in [1.807, 2.05) is 26.8 Å². The molecule has 0 unspecified atom stereocenters. The molecule has 0 aliphatic carbocycles. The molecule has 1 N–H and O–H groups in total. The Hall–Kier alpha value is -3.29. The van der Waals surface area contributed by atoms with Crippen LogP contribution in [-0.4, -0.2) is 26.6 Å². The van der Waals surface area contributed by atoms with Crippen LogP contribution in [0.1, 0.15) is 29.1 Å². The van der Waals surface area contributed by atoms with Gasteiger partial charge >= 0.3 is 0 Å². The van der Waals surface area contributed by atoms with Gasteiger partial charge in [0.2, 0.25) is 0 Å². The lowest BCUT2D eigenvalue weighted by Crippen LogP contribution is -2.07. The molecule has 8 heteroatoms. The molecule has 140 valence electrons. The first-order chi connectivity index (χ1) is 12.9. The smallest absolute Gasteiger partial charge is 0.269 e. The number of nitro benzene ring substituents is 1. The summed E-state index contributed by atoms with van der Waals surface area (Å²) in [5, 5.41) is 18.1. The van der Waals surface area contributed by atoms with Gasteiger partial charge in [-0.15, -0.1) is 0 Å². The first kappa shape index (κ1) is 18.5. The standard InChI is InChI=1S/C19H21N5O3/c1-12-11-18(20-10-4-5-17-13(2)23-27-14(17)3)22-19(21-12)15-6-8-16(9-7-15)24(25)26/h6-9,11H,4-5,10H2,1-3H3,(H,20,21,22). The summed E-state index contributed by atoms with van der Waals surface area (Å²) >= 11 is 0. The first-order valence-corrected chi connectivity index (χ1v) is 8.70. The molecule has 8 nitrogen and oxygen atoms in total. The van der Waals surface area contributed by atoms with Gasteiger partial charge in [0.05, 0.1) is 10.6 Å². The van der Waals surface area contributed by atoms with Gasteiger partial charge < -0.3 is 9.84 Å². The number of aromatic nitrogens is 3. The monoisotopic (exact) mass is 367 g/mol. The molecule has 3 rings (SSSR count).